The summed E-state index contributed by atoms with van der Waals surface area (Å²) in [6, 6.07) is 0. The van der Waals surface area contributed by atoms with Crippen LogP contribution in [0.4, 0.5) is 0 Å². The summed E-state index contributed by atoms with van der Waals surface area (Å²) in [5.74, 6) is 0. The minimum atomic E-state index is 0.219. The van der Waals surface area contributed by atoms with E-state index in [0.29, 0.717) is 0 Å². The zero-order valence-corrected chi connectivity index (χ0v) is 10.9. The third kappa shape index (κ3) is 1.71. The molecule has 0 aromatic heterocycles. The lowest BCUT2D eigenvalue weighted by molar-refractivity contribution is -0.300. The van der Waals surface area contributed by atoms with Gasteiger partial charge in [0, 0.05) is 23.9 Å². The number of hydrogen-bond acceptors (Lipinski definition) is 3. The van der Waals surface area contributed by atoms with Gasteiger partial charge in [-0.2, -0.15) is 0 Å². The van der Waals surface area contributed by atoms with E-state index >= 15 is 0 Å². The van der Waals surface area contributed by atoms with Crippen molar-refractivity contribution < 1.29 is 4.74 Å². The number of hydrogen-bond donors (Lipinski definition) is 0. The van der Waals surface area contributed by atoms with Crippen molar-refractivity contribution in [1.29, 1.82) is 0 Å². The Balaban J connectivity index is 2.28. The average Bonchev–Trinajstić information content (AvgIpc) is 1.98. The van der Waals surface area contributed by atoms with E-state index in [1.54, 1.807) is 0 Å². The first-order chi connectivity index (χ1) is 6.74. The Bertz CT molecular complexity index is 236. The quantitative estimate of drug-likeness (QED) is 0.606. The lowest BCUT2D eigenvalue weighted by Crippen LogP contribution is -2.68. The minimum Gasteiger partial charge on any atom is -0.344 e. The first kappa shape index (κ1) is 11.4. The molecule has 0 aromatic rings. The van der Waals surface area contributed by atoms with Gasteiger partial charge in [0.2, 0.25) is 0 Å². The molecule has 2 rings (SSSR count). The fourth-order valence-electron chi connectivity index (χ4n) is 3.50. The van der Waals surface area contributed by atoms with Gasteiger partial charge in [0.15, 0.2) is 0 Å². The van der Waals surface area contributed by atoms with Gasteiger partial charge in [-0.15, -0.1) is 0 Å². The third-order valence-electron chi connectivity index (χ3n) is 3.71. The van der Waals surface area contributed by atoms with Gasteiger partial charge in [-0.1, -0.05) is 27.7 Å². The van der Waals surface area contributed by atoms with Crippen LogP contribution in [0.1, 0.15) is 27.7 Å². The molecule has 0 amide bonds. The van der Waals surface area contributed by atoms with Gasteiger partial charge < -0.3 is 4.74 Å². The predicted molar refractivity (Wildman–Crippen MR) is 61.5 cm³/mol. The van der Waals surface area contributed by atoms with E-state index in [9.17, 15) is 0 Å². The van der Waals surface area contributed by atoms with Crippen LogP contribution in [0.25, 0.3) is 0 Å². The van der Waals surface area contributed by atoms with E-state index in [-0.39, 0.29) is 23.3 Å². The van der Waals surface area contributed by atoms with Gasteiger partial charge in [-0.3, -0.25) is 9.80 Å². The maximum atomic E-state index is 6.23. The van der Waals surface area contributed by atoms with Crippen LogP contribution < -0.4 is 0 Å². The Morgan fingerprint density at radius 1 is 0.867 bits per heavy atom. The molecule has 2 atom stereocenters. The summed E-state index contributed by atoms with van der Waals surface area (Å²) in [7, 11) is 4.35. The molecule has 0 aliphatic carbocycles. The highest BCUT2D eigenvalue weighted by atomic mass is 16.5. The fraction of sp³-hybridized carbons (Fsp3) is 1.00. The molecule has 2 aliphatic rings. The number of fused-ring (bicyclic) bond motifs is 2. The molecule has 0 saturated carbocycles. The monoisotopic (exact) mass is 212 g/mol. The summed E-state index contributed by atoms with van der Waals surface area (Å²) in [5, 5.41) is 0. The molecule has 2 aliphatic heterocycles. The van der Waals surface area contributed by atoms with Gasteiger partial charge in [-0.25, -0.2) is 0 Å². The second-order valence-electron chi connectivity index (χ2n) is 6.65. The van der Waals surface area contributed by atoms with Gasteiger partial charge in [0.05, 0.1) is 0 Å². The summed E-state index contributed by atoms with van der Waals surface area (Å²) >= 11 is 0. The lowest BCUT2D eigenvalue weighted by Gasteiger charge is -2.59. The van der Waals surface area contributed by atoms with E-state index in [4.69, 9.17) is 4.74 Å². The van der Waals surface area contributed by atoms with Crippen LogP contribution in [-0.2, 0) is 4.74 Å². The topological polar surface area (TPSA) is 15.7 Å². The van der Waals surface area contributed by atoms with Crippen molar-refractivity contribution in [2.75, 3.05) is 27.2 Å². The van der Waals surface area contributed by atoms with Crippen molar-refractivity contribution >= 4 is 0 Å². The fourth-order valence-corrected chi connectivity index (χ4v) is 3.50. The van der Waals surface area contributed by atoms with Gasteiger partial charge in [-0.05, 0) is 14.1 Å². The largest absolute Gasteiger partial charge is 0.344 e. The zero-order valence-electron chi connectivity index (χ0n) is 10.9. The number of rotatable bonds is 0. The normalized spacial score (nSPS) is 40.4. The first-order valence-electron chi connectivity index (χ1n) is 5.80. The minimum absolute atomic E-state index is 0.219. The van der Waals surface area contributed by atoms with Crippen LogP contribution >= 0.6 is 0 Å². The second kappa shape index (κ2) is 3.19. The maximum absolute atomic E-state index is 6.23. The third-order valence-corrected chi connectivity index (χ3v) is 3.71. The van der Waals surface area contributed by atoms with Crippen molar-refractivity contribution in [2.24, 2.45) is 10.8 Å². The Labute approximate surface area is 93.4 Å². The molecule has 3 heteroatoms. The summed E-state index contributed by atoms with van der Waals surface area (Å²) < 4.78 is 6.23. The van der Waals surface area contributed by atoms with Crippen LogP contribution in [0.3, 0.4) is 0 Å². The maximum Gasteiger partial charge on any atom is 0.118 e. The second-order valence-corrected chi connectivity index (χ2v) is 6.65. The lowest BCUT2D eigenvalue weighted by atomic mass is 9.79. The van der Waals surface area contributed by atoms with E-state index < -0.39 is 0 Å². The Kier molecular flexibility index (Phi) is 2.42. The van der Waals surface area contributed by atoms with Crippen molar-refractivity contribution in [3.63, 3.8) is 0 Å². The average molecular weight is 212 g/mol. The molecule has 0 N–H and O–H groups in total. The van der Waals surface area contributed by atoms with Gasteiger partial charge >= 0.3 is 0 Å². The summed E-state index contributed by atoms with van der Waals surface area (Å²) in [4.78, 5) is 4.73. The molecular weight excluding hydrogens is 188 g/mol. The first-order valence-corrected chi connectivity index (χ1v) is 5.80. The molecular formula is C12H24N2O. The Hall–Kier alpha value is -0.120. The van der Waals surface area contributed by atoms with Crippen LogP contribution in [0, 0.1) is 10.8 Å². The zero-order chi connectivity index (χ0) is 11.4. The summed E-state index contributed by atoms with van der Waals surface area (Å²) in [6.07, 6.45) is 0.540. The molecule has 2 heterocycles. The predicted octanol–water partition coefficient (Wildman–Crippen LogP) is 1.60. The standard InChI is InChI=1S/C12H24N2O/c1-11(2)7-13(5)10-12(3,4)8-14(6)9(11)15-10/h9-10H,7-8H2,1-6H3. The van der Waals surface area contributed by atoms with E-state index in [2.05, 4.69) is 51.6 Å². The molecule has 2 bridgehead atoms. The van der Waals surface area contributed by atoms with E-state index in [0.717, 1.165) is 13.1 Å². The van der Waals surface area contributed by atoms with Crippen molar-refractivity contribution in [3.05, 3.63) is 0 Å². The van der Waals surface area contributed by atoms with Crippen LogP contribution in [0.15, 0.2) is 0 Å². The SMILES string of the molecule is CN1CC(C)(C)C2OC1C(C)(C)CN2C. The molecule has 0 aromatic carbocycles. The van der Waals surface area contributed by atoms with Crippen LogP contribution in [0.5, 0.6) is 0 Å². The van der Waals surface area contributed by atoms with Gasteiger partial charge in [0.25, 0.3) is 0 Å². The number of ether oxygens (including phenoxy) is 1. The molecule has 2 saturated heterocycles. The molecule has 2 fully saturated rings. The Morgan fingerprint density at radius 2 is 1.20 bits per heavy atom. The Morgan fingerprint density at radius 3 is 1.53 bits per heavy atom. The number of nitrogens with zero attached hydrogens (tertiary/aromatic N) is 2. The van der Waals surface area contributed by atoms with Crippen LogP contribution in [-0.4, -0.2) is 49.4 Å². The molecule has 88 valence electrons. The van der Waals surface area contributed by atoms with Crippen molar-refractivity contribution in [2.45, 2.75) is 40.2 Å². The van der Waals surface area contributed by atoms with E-state index in [1.807, 2.05) is 0 Å². The molecule has 0 spiro atoms. The highest BCUT2D eigenvalue weighted by Gasteiger charge is 2.51. The summed E-state index contributed by atoms with van der Waals surface area (Å²) in [5.41, 5.74) is 0.438. The highest BCUT2D eigenvalue weighted by molar-refractivity contribution is 4.96. The smallest absolute Gasteiger partial charge is 0.118 e. The molecule has 3 nitrogen and oxygen atoms in total. The van der Waals surface area contributed by atoms with Crippen molar-refractivity contribution in [3.8, 4) is 0 Å². The van der Waals surface area contributed by atoms with Gasteiger partial charge in [0.1, 0.15) is 12.5 Å². The molecule has 15 heavy (non-hydrogen) atoms. The summed E-state index contributed by atoms with van der Waals surface area (Å²) in [6.45, 7) is 11.4. The van der Waals surface area contributed by atoms with Crippen LogP contribution in [0.2, 0.25) is 0 Å². The highest BCUT2D eigenvalue weighted by Crippen LogP contribution is 2.43. The van der Waals surface area contributed by atoms with E-state index in [1.165, 1.54) is 0 Å². The molecule has 2 unspecified atom stereocenters. The molecule has 0 radical (unpaired) electrons. The van der Waals surface area contributed by atoms with Crippen molar-refractivity contribution in [1.82, 2.24) is 9.80 Å².